The number of hydrogen-bond donors (Lipinski definition) is 1. The number of fused-ring (bicyclic) bond motifs is 1. The van der Waals surface area contributed by atoms with E-state index in [-0.39, 0.29) is 16.4 Å². The molecular formula is C9H6ClFN2O2. The normalized spacial score (nSPS) is 10.6. The molecule has 0 saturated heterocycles. The van der Waals surface area contributed by atoms with Gasteiger partial charge in [-0.05, 0) is 6.07 Å². The molecule has 4 nitrogen and oxygen atoms in total. The van der Waals surface area contributed by atoms with Gasteiger partial charge in [0.1, 0.15) is 10.8 Å². The Morgan fingerprint density at radius 2 is 2.40 bits per heavy atom. The Morgan fingerprint density at radius 3 is 3.00 bits per heavy atom. The highest BCUT2D eigenvalue weighted by atomic mass is 35.5. The Labute approximate surface area is 89.0 Å². The molecule has 0 aliphatic heterocycles. The lowest BCUT2D eigenvalue weighted by atomic mass is 10.3. The molecule has 78 valence electrons. The van der Waals surface area contributed by atoms with E-state index in [0.717, 1.165) is 6.20 Å². The molecule has 0 aromatic carbocycles. The molecule has 1 N–H and O–H groups in total. The summed E-state index contributed by atoms with van der Waals surface area (Å²) in [6.07, 6.45) is 0.988. The number of ether oxygens (including phenoxy) is 1. The molecule has 0 fully saturated rings. The summed E-state index contributed by atoms with van der Waals surface area (Å²) in [6.45, 7) is 0. The number of H-pyrrole nitrogens is 1. The highest BCUT2D eigenvalue weighted by Gasteiger charge is 2.14. The number of halogens is 2. The third kappa shape index (κ3) is 1.55. The van der Waals surface area contributed by atoms with Gasteiger partial charge in [-0.3, -0.25) is 0 Å². The first-order valence-corrected chi connectivity index (χ1v) is 4.42. The molecule has 0 bridgehead atoms. The second-order valence-corrected chi connectivity index (χ2v) is 3.22. The Hall–Kier alpha value is -1.62. The maximum atomic E-state index is 13.2. The van der Waals surface area contributed by atoms with Crippen LogP contribution in [0.5, 0.6) is 0 Å². The Morgan fingerprint density at radius 1 is 1.67 bits per heavy atom. The lowest BCUT2D eigenvalue weighted by Gasteiger charge is -1.93. The first-order chi connectivity index (χ1) is 7.13. The van der Waals surface area contributed by atoms with Crippen molar-refractivity contribution in [3.8, 4) is 0 Å². The zero-order chi connectivity index (χ0) is 11.0. The topological polar surface area (TPSA) is 55.0 Å². The number of nitrogens with one attached hydrogen (secondary N) is 1. The van der Waals surface area contributed by atoms with Crippen LogP contribution in [-0.4, -0.2) is 23.0 Å². The van der Waals surface area contributed by atoms with E-state index in [9.17, 15) is 9.18 Å². The summed E-state index contributed by atoms with van der Waals surface area (Å²) in [5, 5.41) is 0.495. The van der Waals surface area contributed by atoms with Crippen LogP contribution in [0.15, 0.2) is 12.3 Å². The van der Waals surface area contributed by atoms with Gasteiger partial charge >= 0.3 is 5.97 Å². The van der Waals surface area contributed by atoms with E-state index in [1.165, 1.54) is 13.2 Å². The summed E-state index contributed by atoms with van der Waals surface area (Å²) < 4.78 is 17.7. The zero-order valence-corrected chi connectivity index (χ0v) is 8.43. The van der Waals surface area contributed by atoms with Crippen LogP contribution in [0.1, 0.15) is 10.5 Å². The fourth-order valence-electron chi connectivity index (χ4n) is 1.27. The maximum Gasteiger partial charge on any atom is 0.354 e. The summed E-state index contributed by atoms with van der Waals surface area (Å²) in [5.41, 5.74) is 0.289. The molecular weight excluding hydrogens is 223 g/mol. The lowest BCUT2D eigenvalue weighted by molar-refractivity contribution is 0.0595. The average Bonchev–Trinajstić information content (AvgIpc) is 2.68. The molecule has 0 radical (unpaired) electrons. The molecule has 0 spiro atoms. The SMILES string of the molecule is COC(=O)c1cc2c(Cl)ncc(F)c2[nH]1. The summed E-state index contributed by atoms with van der Waals surface area (Å²) in [7, 11) is 1.24. The lowest BCUT2D eigenvalue weighted by Crippen LogP contribution is -2.00. The first kappa shape index (κ1) is 9.92. The summed E-state index contributed by atoms with van der Waals surface area (Å²) in [4.78, 5) is 17.4. The van der Waals surface area contributed by atoms with Crippen LogP contribution in [0, 0.1) is 5.82 Å². The van der Waals surface area contributed by atoms with Crippen molar-refractivity contribution in [3.05, 3.63) is 28.9 Å². The third-order valence-electron chi connectivity index (χ3n) is 1.98. The number of carbonyl (C=O) groups is 1. The van der Waals surface area contributed by atoms with E-state index in [1.807, 2.05) is 0 Å². The fraction of sp³-hybridized carbons (Fsp3) is 0.111. The van der Waals surface area contributed by atoms with Crippen molar-refractivity contribution in [2.75, 3.05) is 7.11 Å². The molecule has 2 aromatic heterocycles. The first-order valence-electron chi connectivity index (χ1n) is 4.04. The van der Waals surface area contributed by atoms with Crippen molar-refractivity contribution in [1.29, 1.82) is 0 Å². The monoisotopic (exact) mass is 228 g/mol. The fourth-order valence-corrected chi connectivity index (χ4v) is 1.47. The van der Waals surface area contributed by atoms with Gasteiger partial charge in [0, 0.05) is 5.39 Å². The number of aromatic nitrogens is 2. The number of nitrogens with zero attached hydrogens (tertiary/aromatic N) is 1. The summed E-state index contributed by atoms with van der Waals surface area (Å²) in [6, 6.07) is 1.40. The van der Waals surface area contributed by atoms with Gasteiger partial charge in [0.15, 0.2) is 5.82 Å². The van der Waals surface area contributed by atoms with Gasteiger partial charge < -0.3 is 9.72 Å². The Kier molecular flexibility index (Phi) is 2.32. The Balaban J connectivity index is 2.70. The molecule has 0 unspecified atom stereocenters. The van der Waals surface area contributed by atoms with Gasteiger partial charge in [0.25, 0.3) is 0 Å². The van der Waals surface area contributed by atoms with Crippen LogP contribution in [0.25, 0.3) is 10.9 Å². The number of esters is 1. The van der Waals surface area contributed by atoms with Crippen LogP contribution < -0.4 is 0 Å². The molecule has 0 saturated carbocycles. The molecule has 0 amide bonds. The van der Waals surface area contributed by atoms with Gasteiger partial charge in [-0.15, -0.1) is 0 Å². The molecule has 2 rings (SSSR count). The van der Waals surface area contributed by atoms with E-state index in [2.05, 4.69) is 14.7 Å². The highest BCUT2D eigenvalue weighted by Crippen LogP contribution is 2.24. The van der Waals surface area contributed by atoms with Crippen molar-refractivity contribution in [1.82, 2.24) is 9.97 Å². The highest BCUT2D eigenvalue weighted by molar-refractivity contribution is 6.34. The van der Waals surface area contributed by atoms with Crippen molar-refractivity contribution in [2.24, 2.45) is 0 Å². The molecule has 2 aromatic rings. The molecule has 15 heavy (non-hydrogen) atoms. The molecule has 2 heterocycles. The maximum absolute atomic E-state index is 13.2. The molecule has 0 aliphatic carbocycles. The largest absolute Gasteiger partial charge is 0.464 e. The quantitative estimate of drug-likeness (QED) is 0.601. The van der Waals surface area contributed by atoms with Gasteiger partial charge in [-0.1, -0.05) is 11.6 Å². The molecule has 6 heteroatoms. The van der Waals surface area contributed by atoms with Crippen molar-refractivity contribution < 1.29 is 13.9 Å². The van der Waals surface area contributed by atoms with Crippen LogP contribution in [0.4, 0.5) is 4.39 Å². The van der Waals surface area contributed by atoms with Gasteiger partial charge in [-0.25, -0.2) is 14.2 Å². The van der Waals surface area contributed by atoms with E-state index in [1.54, 1.807) is 0 Å². The predicted octanol–water partition coefficient (Wildman–Crippen LogP) is 2.14. The second kappa shape index (κ2) is 3.51. The van der Waals surface area contributed by atoms with E-state index in [0.29, 0.717) is 5.39 Å². The van der Waals surface area contributed by atoms with Gasteiger partial charge in [0.05, 0.1) is 18.8 Å². The number of rotatable bonds is 1. The summed E-state index contributed by atoms with van der Waals surface area (Å²) >= 11 is 5.74. The summed E-state index contributed by atoms with van der Waals surface area (Å²) in [5.74, 6) is -1.15. The van der Waals surface area contributed by atoms with Gasteiger partial charge in [-0.2, -0.15) is 0 Å². The minimum atomic E-state index is -0.582. The number of carbonyl (C=O) groups excluding carboxylic acids is 1. The third-order valence-corrected chi connectivity index (χ3v) is 2.28. The minimum absolute atomic E-state index is 0.137. The van der Waals surface area contributed by atoms with Crippen molar-refractivity contribution in [2.45, 2.75) is 0 Å². The number of hydrogen-bond acceptors (Lipinski definition) is 3. The number of methoxy groups -OCH3 is 1. The predicted molar refractivity (Wildman–Crippen MR) is 52.4 cm³/mol. The van der Waals surface area contributed by atoms with E-state index >= 15 is 0 Å². The smallest absolute Gasteiger partial charge is 0.354 e. The standard InChI is InChI=1S/C9H6ClFN2O2/c1-15-9(14)6-2-4-7(13-6)5(11)3-12-8(4)10/h2-3,13H,1H3. The zero-order valence-electron chi connectivity index (χ0n) is 7.67. The van der Waals surface area contributed by atoms with E-state index in [4.69, 9.17) is 11.6 Å². The van der Waals surface area contributed by atoms with Crippen LogP contribution in [0.3, 0.4) is 0 Å². The molecule has 0 atom stereocenters. The van der Waals surface area contributed by atoms with Crippen LogP contribution >= 0.6 is 11.6 Å². The average molecular weight is 229 g/mol. The van der Waals surface area contributed by atoms with Crippen LogP contribution in [0.2, 0.25) is 5.15 Å². The number of aromatic amines is 1. The van der Waals surface area contributed by atoms with Gasteiger partial charge in [0.2, 0.25) is 0 Å². The minimum Gasteiger partial charge on any atom is -0.464 e. The molecule has 0 aliphatic rings. The van der Waals surface area contributed by atoms with E-state index < -0.39 is 11.8 Å². The van der Waals surface area contributed by atoms with Crippen LogP contribution in [-0.2, 0) is 4.74 Å². The van der Waals surface area contributed by atoms with Crippen molar-refractivity contribution in [3.63, 3.8) is 0 Å². The van der Waals surface area contributed by atoms with Crippen molar-refractivity contribution >= 4 is 28.5 Å². The number of pyridine rings is 1. The second-order valence-electron chi connectivity index (χ2n) is 2.86. The Bertz CT molecular complexity index is 499.